The number of hydrogen-bond donors (Lipinski definition) is 0. The van der Waals surface area contributed by atoms with Crippen LogP contribution in [0.2, 0.25) is 0 Å². The molecule has 2 aromatic rings. The summed E-state index contributed by atoms with van der Waals surface area (Å²) in [6.45, 7) is 6.50. The van der Waals surface area contributed by atoms with Gasteiger partial charge in [0.25, 0.3) is 5.56 Å². The second-order valence-corrected chi connectivity index (χ2v) is 7.73. The summed E-state index contributed by atoms with van der Waals surface area (Å²) in [6, 6.07) is 0. The first-order valence-corrected chi connectivity index (χ1v) is 9.69. The van der Waals surface area contributed by atoms with Gasteiger partial charge in [0, 0.05) is 7.11 Å². The third-order valence-electron chi connectivity index (χ3n) is 4.92. The van der Waals surface area contributed by atoms with E-state index in [4.69, 9.17) is 9.47 Å². The molecule has 0 unspecified atom stereocenters. The van der Waals surface area contributed by atoms with Crippen LogP contribution in [0, 0.1) is 0 Å². The molecule has 1 fully saturated rings. The van der Waals surface area contributed by atoms with Crippen molar-refractivity contribution >= 4 is 27.5 Å². The summed E-state index contributed by atoms with van der Waals surface area (Å²) < 4.78 is 13.2. The molecule has 26 heavy (non-hydrogen) atoms. The normalized spacial score (nSPS) is 15.4. The molecule has 0 amide bonds. The lowest BCUT2D eigenvalue weighted by molar-refractivity contribution is 0.0531. The van der Waals surface area contributed by atoms with Crippen LogP contribution in [0.3, 0.4) is 0 Å². The second-order valence-electron chi connectivity index (χ2n) is 6.73. The number of ether oxygens (including phenoxy) is 2. The number of rotatable bonds is 7. The van der Waals surface area contributed by atoms with Gasteiger partial charge in [-0.1, -0.05) is 6.92 Å². The molecule has 0 atom stereocenters. The summed E-state index contributed by atoms with van der Waals surface area (Å²) in [6.07, 6.45) is 2.12. The minimum Gasteiger partial charge on any atom is -0.462 e. The van der Waals surface area contributed by atoms with Crippen molar-refractivity contribution in [1.82, 2.24) is 9.13 Å². The first kappa shape index (κ1) is 18.8. The molecule has 0 aromatic carbocycles. The van der Waals surface area contributed by atoms with Crippen molar-refractivity contribution in [1.29, 1.82) is 0 Å². The Morgan fingerprint density at radius 1 is 1.27 bits per heavy atom. The first-order valence-electron chi connectivity index (χ1n) is 8.87. The van der Waals surface area contributed by atoms with Gasteiger partial charge in [-0.05, 0) is 38.7 Å². The van der Waals surface area contributed by atoms with Gasteiger partial charge in [-0.15, -0.1) is 11.3 Å². The summed E-state index contributed by atoms with van der Waals surface area (Å²) in [5, 5.41) is 0.462. The molecular weight excluding hydrogens is 356 g/mol. The number of aryl methyl sites for hydroxylation is 1. The minimum absolute atomic E-state index is 0.259. The fourth-order valence-corrected chi connectivity index (χ4v) is 4.53. The smallest absolute Gasteiger partial charge is 0.348 e. The molecule has 8 heteroatoms. The summed E-state index contributed by atoms with van der Waals surface area (Å²) in [4.78, 5) is 39.6. The number of esters is 1. The fraction of sp³-hybridized carbons (Fsp3) is 0.611. The molecule has 0 saturated heterocycles. The number of methoxy groups -OCH3 is 1. The van der Waals surface area contributed by atoms with Crippen LogP contribution in [0.1, 0.15) is 48.8 Å². The van der Waals surface area contributed by atoms with Crippen molar-refractivity contribution in [3.63, 3.8) is 0 Å². The SMILES string of the molecule is CCOC(=O)c1sc2c(c1CC)c(=O)n(C1(C)CC1)c(=O)n2CCOC. The van der Waals surface area contributed by atoms with E-state index in [1.54, 1.807) is 18.6 Å². The Morgan fingerprint density at radius 3 is 2.50 bits per heavy atom. The average Bonchev–Trinajstić information content (AvgIpc) is 3.21. The lowest BCUT2D eigenvalue weighted by atomic mass is 10.1. The highest BCUT2D eigenvalue weighted by Crippen LogP contribution is 2.41. The van der Waals surface area contributed by atoms with Crippen LogP contribution in [0.25, 0.3) is 10.2 Å². The van der Waals surface area contributed by atoms with Crippen molar-refractivity contribution in [2.75, 3.05) is 20.3 Å². The zero-order valence-corrected chi connectivity index (χ0v) is 16.4. The molecule has 0 spiro atoms. The molecule has 3 rings (SSSR count). The molecule has 0 radical (unpaired) electrons. The summed E-state index contributed by atoms with van der Waals surface area (Å²) >= 11 is 1.16. The molecule has 2 heterocycles. The first-order chi connectivity index (χ1) is 12.4. The van der Waals surface area contributed by atoms with Gasteiger partial charge in [0.15, 0.2) is 0 Å². The third-order valence-corrected chi connectivity index (χ3v) is 6.15. The van der Waals surface area contributed by atoms with E-state index in [1.165, 1.54) is 4.57 Å². The molecule has 1 aliphatic carbocycles. The Hall–Kier alpha value is -1.93. The Balaban J connectivity index is 2.38. The molecule has 0 bridgehead atoms. The van der Waals surface area contributed by atoms with Gasteiger partial charge in [-0.2, -0.15) is 0 Å². The van der Waals surface area contributed by atoms with E-state index in [9.17, 15) is 14.4 Å². The van der Waals surface area contributed by atoms with Crippen molar-refractivity contribution in [2.45, 2.75) is 52.1 Å². The molecule has 2 aromatic heterocycles. The molecule has 1 saturated carbocycles. The van der Waals surface area contributed by atoms with Gasteiger partial charge >= 0.3 is 11.7 Å². The maximum atomic E-state index is 13.2. The predicted octanol–water partition coefficient (Wildman–Crippen LogP) is 2.12. The Bertz CT molecular complexity index is 965. The standard InChI is InChI=1S/C18H24N2O5S/c1-5-11-12-14(21)20(18(3)7-8-18)17(23)19(9-10-24-4)15(12)26-13(11)16(22)25-6-2/h5-10H2,1-4H3. The summed E-state index contributed by atoms with van der Waals surface area (Å²) in [7, 11) is 1.57. The van der Waals surface area contributed by atoms with Crippen LogP contribution in [0.15, 0.2) is 9.59 Å². The number of hydrogen-bond acceptors (Lipinski definition) is 6. The lowest BCUT2D eigenvalue weighted by Gasteiger charge is -2.16. The molecular formula is C18H24N2O5S. The van der Waals surface area contributed by atoms with Crippen LogP contribution >= 0.6 is 11.3 Å². The van der Waals surface area contributed by atoms with Crippen molar-refractivity contribution < 1.29 is 14.3 Å². The number of fused-ring (bicyclic) bond motifs is 1. The minimum atomic E-state index is -0.445. The van der Waals surface area contributed by atoms with Crippen LogP contribution in [-0.4, -0.2) is 35.4 Å². The highest BCUT2D eigenvalue weighted by atomic mass is 32.1. The Morgan fingerprint density at radius 2 is 1.96 bits per heavy atom. The molecule has 0 N–H and O–H groups in total. The topological polar surface area (TPSA) is 79.5 Å². The number of carbonyl (C=O) groups excluding carboxylic acids is 1. The highest BCUT2D eigenvalue weighted by Gasteiger charge is 2.43. The van der Waals surface area contributed by atoms with Crippen molar-refractivity contribution in [3.05, 3.63) is 31.3 Å². The number of nitrogens with zero attached hydrogens (tertiary/aromatic N) is 2. The highest BCUT2D eigenvalue weighted by molar-refractivity contribution is 7.20. The van der Waals surface area contributed by atoms with Crippen LogP contribution < -0.4 is 11.2 Å². The molecule has 142 valence electrons. The summed E-state index contributed by atoms with van der Waals surface area (Å²) in [5.74, 6) is -0.445. The maximum absolute atomic E-state index is 13.2. The van der Waals surface area contributed by atoms with Gasteiger partial charge < -0.3 is 9.47 Å². The summed E-state index contributed by atoms with van der Waals surface area (Å²) in [5.41, 5.74) is -0.410. The largest absolute Gasteiger partial charge is 0.462 e. The van der Waals surface area contributed by atoms with E-state index >= 15 is 0 Å². The second kappa shape index (κ2) is 7.00. The Kier molecular flexibility index (Phi) is 5.07. The van der Waals surface area contributed by atoms with E-state index in [0.29, 0.717) is 40.2 Å². The number of carbonyl (C=O) groups is 1. The van der Waals surface area contributed by atoms with Crippen molar-refractivity contribution in [2.24, 2.45) is 0 Å². The van der Waals surface area contributed by atoms with Crippen LogP contribution in [0.5, 0.6) is 0 Å². The van der Waals surface area contributed by atoms with Crippen LogP contribution in [-0.2, 0) is 28.0 Å². The van der Waals surface area contributed by atoms with Gasteiger partial charge in [0.05, 0.1) is 30.7 Å². The number of thiophene rings is 1. The molecule has 0 aliphatic heterocycles. The Labute approximate surface area is 155 Å². The van der Waals surface area contributed by atoms with Gasteiger partial charge in [-0.3, -0.25) is 13.9 Å². The lowest BCUT2D eigenvalue weighted by Crippen LogP contribution is -2.45. The van der Waals surface area contributed by atoms with Gasteiger partial charge in [-0.25, -0.2) is 9.59 Å². The van der Waals surface area contributed by atoms with E-state index in [0.717, 1.165) is 24.2 Å². The zero-order valence-electron chi connectivity index (χ0n) is 15.6. The fourth-order valence-electron chi connectivity index (χ4n) is 3.23. The van der Waals surface area contributed by atoms with E-state index in [1.807, 2.05) is 13.8 Å². The van der Waals surface area contributed by atoms with Crippen LogP contribution in [0.4, 0.5) is 0 Å². The third kappa shape index (κ3) is 2.91. The maximum Gasteiger partial charge on any atom is 0.348 e. The number of aromatic nitrogens is 2. The zero-order chi connectivity index (χ0) is 19.1. The predicted molar refractivity (Wildman–Crippen MR) is 100 cm³/mol. The monoisotopic (exact) mass is 380 g/mol. The van der Waals surface area contributed by atoms with E-state index in [2.05, 4.69) is 0 Å². The molecule has 1 aliphatic rings. The van der Waals surface area contributed by atoms with Crippen molar-refractivity contribution in [3.8, 4) is 0 Å². The quantitative estimate of drug-likeness (QED) is 0.688. The van der Waals surface area contributed by atoms with E-state index < -0.39 is 11.5 Å². The average molecular weight is 380 g/mol. The van der Waals surface area contributed by atoms with E-state index in [-0.39, 0.29) is 17.9 Å². The molecule has 7 nitrogen and oxygen atoms in total. The van der Waals surface area contributed by atoms with Gasteiger partial charge in [0.2, 0.25) is 0 Å². The van der Waals surface area contributed by atoms with Gasteiger partial charge in [0.1, 0.15) is 9.71 Å².